The Morgan fingerprint density at radius 1 is 1.05 bits per heavy atom. The maximum atomic E-state index is 13.1. The van der Waals surface area contributed by atoms with E-state index in [2.05, 4.69) is 19.9 Å². The number of carbonyl (C=O) groups is 3. The van der Waals surface area contributed by atoms with Crippen LogP contribution in [0.25, 0.3) is 0 Å². The summed E-state index contributed by atoms with van der Waals surface area (Å²) in [7, 11) is 1.31. The van der Waals surface area contributed by atoms with Gasteiger partial charge in [0.25, 0.3) is 5.91 Å². The van der Waals surface area contributed by atoms with Crippen LogP contribution in [-0.2, 0) is 21.7 Å². The van der Waals surface area contributed by atoms with E-state index in [1.807, 2.05) is 0 Å². The molecule has 38 heavy (non-hydrogen) atoms. The zero-order chi connectivity index (χ0) is 27.3. The Bertz CT molecular complexity index is 1360. The third-order valence-corrected chi connectivity index (χ3v) is 5.83. The van der Waals surface area contributed by atoms with E-state index < -0.39 is 30.1 Å². The molecule has 4 rings (SSSR count). The molecule has 1 N–H and O–H groups in total. The van der Waals surface area contributed by atoms with Crippen LogP contribution >= 0.6 is 0 Å². The van der Waals surface area contributed by atoms with Crippen LogP contribution in [0.1, 0.15) is 34.0 Å². The molecule has 0 saturated carbocycles. The number of hydrogen-bond acceptors (Lipinski definition) is 7. The smallest absolute Gasteiger partial charge is 0.387 e. The van der Waals surface area contributed by atoms with Crippen molar-refractivity contribution < 1.29 is 37.4 Å². The van der Waals surface area contributed by atoms with E-state index in [9.17, 15) is 23.2 Å². The molecular formula is C27H23F2N3O6. The van der Waals surface area contributed by atoms with E-state index in [4.69, 9.17) is 4.74 Å². The Kier molecular flexibility index (Phi) is 7.66. The fraction of sp³-hybridized carbons (Fsp3) is 0.185. The standard InChI is InChI=1S/C27H23F2N3O6/c1-27(20-11-13-21(14-12-20)38-25(28)29)24(34)32(26(35)31-27)30-15-19-5-3-4-6-22(19)37-16-17-7-9-18(10-8-17)23(33)36-2/h3-15,25H,16H2,1-2H3,(H,31,35). The van der Waals surface area contributed by atoms with E-state index in [-0.39, 0.29) is 12.4 Å². The molecule has 0 radical (unpaired) electrons. The van der Waals surface area contributed by atoms with Gasteiger partial charge in [0.2, 0.25) is 0 Å². The molecule has 0 spiro atoms. The average molecular weight is 523 g/mol. The average Bonchev–Trinajstić information content (AvgIpc) is 3.14. The zero-order valence-corrected chi connectivity index (χ0v) is 20.4. The topological polar surface area (TPSA) is 107 Å². The number of benzene rings is 3. The second-order valence-corrected chi connectivity index (χ2v) is 8.33. The summed E-state index contributed by atoms with van der Waals surface area (Å²) in [5, 5.41) is 7.37. The monoisotopic (exact) mass is 523 g/mol. The van der Waals surface area contributed by atoms with Crippen LogP contribution in [0.2, 0.25) is 0 Å². The number of rotatable bonds is 9. The summed E-state index contributed by atoms with van der Waals surface area (Å²) in [4.78, 5) is 37.3. The fourth-order valence-corrected chi connectivity index (χ4v) is 3.75. The number of para-hydroxylation sites is 1. The first-order valence-electron chi connectivity index (χ1n) is 11.4. The van der Waals surface area contributed by atoms with E-state index in [1.165, 1.54) is 44.5 Å². The molecule has 1 heterocycles. The number of nitrogens with one attached hydrogen (secondary N) is 1. The van der Waals surface area contributed by atoms with Crippen LogP contribution in [0.4, 0.5) is 13.6 Å². The lowest BCUT2D eigenvalue weighted by Crippen LogP contribution is -2.40. The number of nitrogens with zero attached hydrogens (tertiary/aromatic N) is 2. The Morgan fingerprint density at radius 3 is 2.39 bits per heavy atom. The number of hydrogen-bond donors (Lipinski definition) is 1. The molecule has 9 nitrogen and oxygen atoms in total. The van der Waals surface area contributed by atoms with Crippen molar-refractivity contribution in [2.75, 3.05) is 7.11 Å². The number of esters is 1. The maximum absolute atomic E-state index is 13.1. The molecule has 3 aromatic carbocycles. The van der Waals surface area contributed by atoms with Gasteiger partial charge in [0.15, 0.2) is 0 Å². The number of halogens is 2. The highest BCUT2D eigenvalue weighted by molar-refractivity contribution is 6.07. The van der Waals surface area contributed by atoms with Crippen LogP contribution in [0, 0.1) is 0 Å². The molecule has 196 valence electrons. The summed E-state index contributed by atoms with van der Waals surface area (Å²) in [6.07, 6.45) is 1.33. The highest BCUT2D eigenvalue weighted by Gasteiger charge is 2.49. The number of amides is 3. The van der Waals surface area contributed by atoms with Crippen molar-refractivity contribution >= 4 is 24.1 Å². The minimum atomic E-state index is -2.98. The Balaban J connectivity index is 1.46. The fourth-order valence-electron chi connectivity index (χ4n) is 3.75. The molecule has 1 atom stereocenters. The summed E-state index contributed by atoms with van der Waals surface area (Å²) in [5.41, 5.74) is 0.656. The first kappa shape index (κ1) is 26.3. The molecule has 1 aliphatic heterocycles. The molecule has 11 heteroatoms. The lowest BCUT2D eigenvalue weighted by Gasteiger charge is -2.21. The van der Waals surface area contributed by atoms with Gasteiger partial charge in [0.1, 0.15) is 23.6 Å². The summed E-state index contributed by atoms with van der Waals surface area (Å²) in [6, 6.07) is 18.3. The number of urea groups is 1. The third kappa shape index (κ3) is 5.61. The van der Waals surface area contributed by atoms with Crippen molar-refractivity contribution in [3.05, 3.63) is 95.1 Å². The van der Waals surface area contributed by atoms with Crippen molar-refractivity contribution in [2.24, 2.45) is 5.10 Å². The Labute approximate surface area is 216 Å². The van der Waals surface area contributed by atoms with Gasteiger partial charge in [-0.15, -0.1) is 5.01 Å². The van der Waals surface area contributed by atoms with Gasteiger partial charge in [0, 0.05) is 5.56 Å². The number of ether oxygens (including phenoxy) is 3. The molecule has 0 bridgehead atoms. The van der Waals surface area contributed by atoms with Crippen LogP contribution in [0.5, 0.6) is 11.5 Å². The molecule has 1 aliphatic rings. The number of hydrazone groups is 1. The second-order valence-electron chi connectivity index (χ2n) is 8.33. The molecular weight excluding hydrogens is 500 g/mol. The van der Waals surface area contributed by atoms with Gasteiger partial charge in [0.05, 0.1) is 18.9 Å². The Morgan fingerprint density at radius 2 is 1.74 bits per heavy atom. The highest BCUT2D eigenvalue weighted by Crippen LogP contribution is 2.30. The van der Waals surface area contributed by atoms with Gasteiger partial charge in [-0.1, -0.05) is 36.4 Å². The van der Waals surface area contributed by atoms with Crippen LogP contribution in [-0.4, -0.2) is 42.9 Å². The van der Waals surface area contributed by atoms with E-state index in [0.717, 1.165) is 5.56 Å². The van der Waals surface area contributed by atoms with Gasteiger partial charge in [-0.3, -0.25) is 4.79 Å². The van der Waals surface area contributed by atoms with Gasteiger partial charge in [-0.05, 0) is 54.4 Å². The van der Waals surface area contributed by atoms with Crippen molar-refractivity contribution in [1.29, 1.82) is 0 Å². The van der Waals surface area contributed by atoms with Crippen molar-refractivity contribution in [1.82, 2.24) is 10.3 Å². The van der Waals surface area contributed by atoms with Crippen LogP contribution < -0.4 is 14.8 Å². The minimum absolute atomic E-state index is 0.0741. The largest absolute Gasteiger partial charge is 0.488 e. The predicted molar refractivity (Wildman–Crippen MR) is 132 cm³/mol. The summed E-state index contributed by atoms with van der Waals surface area (Å²) in [5.74, 6) is -0.702. The van der Waals surface area contributed by atoms with Gasteiger partial charge < -0.3 is 19.5 Å². The van der Waals surface area contributed by atoms with Gasteiger partial charge >= 0.3 is 18.6 Å². The number of methoxy groups -OCH3 is 1. The summed E-state index contributed by atoms with van der Waals surface area (Å²) < 4.78 is 39.8. The van der Waals surface area contributed by atoms with Crippen molar-refractivity contribution in [3.63, 3.8) is 0 Å². The lowest BCUT2D eigenvalue weighted by atomic mass is 9.92. The molecule has 3 amide bonds. The molecule has 3 aromatic rings. The maximum Gasteiger partial charge on any atom is 0.387 e. The van der Waals surface area contributed by atoms with E-state index in [1.54, 1.807) is 48.5 Å². The lowest BCUT2D eigenvalue weighted by molar-refractivity contribution is -0.131. The highest BCUT2D eigenvalue weighted by atomic mass is 19.3. The molecule has 1 saturated heterocycles. The Hall–Kier alpha value is -4.80. The zero-order valence-electron chi connectivity index (χ0n) is 20.4. The molecule has 0 aromatic heterocycles. The molecule has 1 unspecified atom stereocenters. The van der Waals surface area contributed by atoms with Crippen LogP contribution in [0.15, 0.2) is 77.9 Å². The summed E-state index contributed by atoms with van der Waals surface area (Å²) >= 11 is 0. The molecule has 0 aliphatic carbocycles. The number of carbonyl (C=O) groups excluding carboxylic acids is 3. The van der Waals surface area contributed by atoms with Gasteiger partial charge in [-0.2, -0.15) is 13.9 Å². The summed E-state index contributed by atoms with van der Waals surface area (Å²) in [6.45, 7) is -1.29. The van der Waals surface area contributed by atoms with E-state index >= 15 is 0 Å². The van der Waals surface area contributed by atoms with Crippen molar-refractivity contribution in [2.45, 2.75) is 25.7 Å². The first-order chi connectivity index (χ1) is 18.2. The number of imide groups is 1. The predicted octanol–water partition coefficient (Wildman–Crippen LogP) is 4.45. The normalized spacial score (nSPS) is 17.1. The second kappa shape index (κ2) is 11.1. The SMILES string of the molecule is COC(=O)c1ccc(COc2ccccc2C=NN2C(=O)NC(C)(c3ccc(OC(F)F)cc3)C2=O)cc1. The minimum Gasteiger partial charge on any atom is -0.488 e. The third-order valence-electron chi connectivity index (χ3n) is 5.83. The van der Waals surface area contributed by atoms with Gasteiger partial charge in [-0.25, -0.2) is 9.59 Å². The first-order valence-corrected chi connectivity index (χ1v) is 11.4. The van der Waals surface area contributed by atoms with E-state index in [0.29, 0.717) is 27.4 Å². The van der Waals surface area contributed by atoms with Crippen LogP contribution in [0.3, 0.4) is 0 Å². The number of alkyl halides is 2. The quantitative estimate of drug-likeness (QED) is 0.252. The molecule has 1 fully saturated rings. The van der Waals surface area contributed by atoms with Crippen molar-refractivity contribution in [3.8, 4) is 11.5 Å².